The first-order chi connectivity index (χ1) is 68.4. The molecule has 6 amide bonds. The van der Waals surface area contributed by atoms with Crippen LogP contribution in [0.25, 0.3) is 6.08 Å². The third-order valence-electron chi connectivity index (χ3n) is 24.2. The predicted octanol–water partition coefficient (Wildman–Crippen LogP) is 24.7. The van der Waals surface area contributed by atoms with Crippen molar-refractivity contribution in [3.63, 3.8) is 0 Å². The Bertz CT molecular complexity index is 4990. The molecular weight excluding hydrogens is 2150 g/mol. The van der Waals surface area contributed by atoms with Crippen molar-refractivity contribution in [2.24, 2.45) is 5.92 Å². The van der Waals surface area contributed by atoms with Gasteiger partial charge in [0.2, 0.25) is 0 Å². The molecule has 14 atom stereocenters. The third-order valence-corrected chi connectivity index (χ3v) is 26.3. The number of epoxide rings is 2. The normalized spacial score (nSPS) is 20.8. The number of thioether (sulfide) groups is 1. The van der Waals surface area contributed by atoms with Gasteiger partial charge in [0, 0.05) is 51.2 Å². The Kier molecular flexibility index (Phi) is 60.1. The fraction of sp³-hybridized carbons (Fsp3) is 0.589. The fourth-order valence-corrected chi connectivity index (χ4v) is 19.3. The zero-order chi connectivity index (χ0) is 109. The van der Waals surface area contributed by atoms with Crippen LogP contribution in [0, 0.1) is 48.2 Å². The van der Waals surface area contributed by atoms with Gasteiger partial charge in [-0.2, -0.15) is 11.8 Å². The SMILES string of the molecule is CC(C)(C)OC(=O)N1CCC[C@@H]1/C=C/c1cccc(F)c1.CC(C)(C)OC(=O)N1CCC[C@@H]1C=O.CC(C)(C)OC(=O)N1CCC[C@@H]1[C@@H]1O[C@H]1c1cccc(F)c1.CC(C)(C)OC(=O)N1CCC[C@@H]1[C@H]1O[C@@H]1c1cccc(F)c1.CCOP(=O)(Cc1cccc(F)c1)OCC.CSC.C[C@H]([C@H](C)c1cccc(F)c1)[C@H]1CCCN1C(=O)OC(C)(C)C.C[C@H](c1cccc(F)c1)[C@@H](O)[C@H]1CCCN1C(=O)OC(C)(C)C.Cl.[CH3-].[Cl-].[Cu][Br].[Mg+2]. The van der Waals surface area contributed by atoms with Crippen LogP contribution in [0.2, 0.25) is 0 Å². The van der Waals surface area contributed by atoms with Gasteiger partial charge in [0.25, 0.3) is 0 Å². The molecule has 6 aromatic rings. The molecule has 1 N–H and O–H groups in total. The molecule has 8 heterocycles. The maximum absolute atomic E-state index is 13.5. The van der Waals surface area contributed by atoms with Crippen LogP contribution in [0.5, 0.6) is 0 Å². The molecule has 0 aliphatic carbocycles. The van der Waals surface area contributed by atoms with Crippen LogP contribution in [-0.4, -0.2) is 254 Å². The molecular formula is C112H163BrCl2CuF6MgN6O19PS. The van der Waals surface area contributed by atoms with E-state index in [4.69, 9.17) is 46.9 Å². The summed E-state index contributed by atoms with van der Waals surface area (Å²) in [6.07, 6.45) is 16.5. The minimum absolute atomic E-state index is 0. The van der Waals surface area contributed by atoms with Crippen LogP contribution in [0.4, 0.5) is 55.1 Å². The van der Waals surface area contributed by atoms with E-state index < -0.39 is 53.4 Å². The number of rotatable bonds is 19. The van der Waals surface area contributed by atoms with E-state index >= 15 is 0 Å². The summed E-state index contributed by atoms with van der Waals surface area (Å²) < 4.78 is 146. The van der Waals surface area contributed by atoms with E-state index in [1.54, 1.807) is 99.8 Å². The van der Waals surface area contributed by atoms with Crippen LogP contribution in [0.1, 0.15) is 294 Å². The largest absolute Gasteiger partial charge is 2.00 e. The van der Waals surface area contributed by atoms with Crippen LogP contribution >= 0.6 is 45.9 Å². The zero-order valence-corrected chi connectivity index (χ0v) is 99.5. The molecule has 8 fully saturated rings. The Balaban J connectivity index is 0.000000587. The van der Waals surface area contributed by atoms with E-state index in [0.717, 1.165) is 118 Å². The Morgan fingerprint density at radius 1 is 0.440 bits per heavy atom. The number of hydrogen-bond acceptors (Lipinski definition) is 20. The van der Waals surface area contributed by atoms with Crippen LogP contribution < -0.4 is 12.4 Å². The second-order valence-corrected chi connectivity index (χ2v) is 46.1. The topological polar surface area (TPSA) is 275 Å². The van der Waals surface area contributed by atoms with Gasteiger partial charge in [0.05, 0.1) is 55.7 Å². The van der Waals surface area contributed by atoms with Gasteiger partial charge in [-0.25, -0.2) is 55.1 Å². The Morgan fingerprint density at radius 3 is 1.11 bits per heavy atom. The summed E-state index contributed by atoms with van der Waals surface area (Å²) in [4.78, 5) is 93.9. The number of aliphatic hydroxyl groups excluding tert-OH is 1. The molecule has 0 unspecified atom stereocenters. The summed E-state index contributed by atoms with van der Waals surface area (Å²) in [5.41, 5.74) is 1.75. The molecule has 25 nitrogen and oxygen atoms in total. The van der Waals surface area contributed by atoms with Crippen molar-refractivity contribution in [2.75, 3.05) is 65.0 Å². The number of aliphatic hydroxyl groups is 1. The average Bonchev–Trinajstić information content (AvgIpc) is 1.61. The molecule has 14 rings (SSSR count). The smallest absolute Gasteiger partial charge is 2.00 e. The molecule has 38 heteroatoms. The first kappa shape index (κ1) is 139. The molecule has 8 aliphatic heterocycles. The molecule has 8 saturated heterocycles. The average molecular weight is 2310 g/mol. The first-order valence-corrected chi connectivity index (χ1v) is 56.1. The van der Waals surface area contributed by atoms with Gasteiger partial charge in [-0.05, 0) is 346 Å². The van der Waals surface area contributed by atoms with Crippen molar-refractivity contribution in [1.82, 2.24) is 29.4 Å². The maximum atomic E-state index is 13.5. The van der Waals surface area contributed by atoms with E-state index in [-0.39, 0.29) is 205 Å². The fourth-order valence-electron chi connectivity index (χ4n) is 17.7. The molecule has 842 valence electrons. The number of likely N-dealkylation sites (tertiary alicyclic amines) is 6. The number of carbonyl (C=O) groups excluding carboxylic acids is 7. The Labute approximate surface area is 936 Å². The quantitative estimate of drug-likeness (QED) is 0.0150. The van der Waals surface area contributed by atoms with Gasteiger partial charge in [-0.3, -0.25) is 9.46 Å². The summed E-state index contributed by atoms with van der Waals surface area (Å²) in [6.45, 7) is 47.5. The van der Waals surface area contributed by atoms with Crippen molar-refractivity contribution in [3.8, 4) is 0 Å². The maximum Gasteiger partial charge on any atom is 2.00 e. The number of carbonyl (C=O) groups is 7. The minimum Gasteiger partial charge on any atom is 2.00 e. The molecule has 150 heavy (non-hydrogen) atoms. The molecule has 0 saturated carbocycles. The Hall–Kier alpha value is -7.34. The van der Waals surface area contributed by atoms with Gasteiger partial charge in [0.1, 0.15) is 99.2 Å². The number of benzene rings is 6. The third kappa shape index (κ3) is 48.2. The zero-order valence-electron chi connectivity index (χ0n) is 92.3. The van der Waals surface area contributed by atoms with E-state index in [1.165, 1.54) is 71.6 Å². The van der Waals surface area contributed by atoms with Crippen LogP contribution in [-0.2, 0) is 76.7 Å². The van der Waals surface area contributed by atoms with Gasteiger partial charge in [0.15, 0.2) is 0 Å². The van der Waals surface area contributed by atoms with E-state index in [9.17, 15) is 69.6 Å². The number of ether oxygens (including phenoxy) is 8. The van der Waals surface area contributed by atoms with Crippen molar-refractivity contribution < 1.29 is 143 Å². The van der Waals surface area contributed by atoms with Gasteiger partial charge >= 0.3 is 95.5 Å². The number of aldehydes is 1. The molecule has 0 radical (unpaired) electrons. The van der Waals surface area contributed by atoms with Crippen molar-refractivity contribution in [3.05, 3.63) is 227 Å². The first-order valence-electron chi connectivity index (χ1n) is 50.4. The second kappa shape index (κ2) is 65.0. The van der Waals surface area contributed by atoms with Crippen LogP contribution in [0.15, 0.2) is 152 Å². The van der Waals surface area contributed by atoms with E-state index in [2.05, 4.69) is 42.2 Å². The standard InChI is InChI=1S/C19H28FNO2.C18H26FNO3.2C17H22FNO3.C17H22FNO2.C11H16FO3P.C10H17NO3.C2H6S.CH3.BrH.2ClH.Cu.Mg/c1-13(15-8-6-9-16(20)12-15)14(2)17-10-7-11-21(17)18(22)23-19(3,4)5;1-12(13-7-5-8-14(19)11-13)16(21)15-9-6-10-20(15)17(22)23-18(2,3)4;2*1-17(2,3)22-16(20)19-9-5-8-13(19)15-14(21-15)11-6-4-7-12(18)10-11;1-17(2,3)21-16(20)19-11-5-8-15(19)10-9-13-6-4-7-14(18)12-13;1-3-14-16(13,15-4-2)9-10-6-5-7-11(12)8-10;1-10(2,3)14-9(13)11-6-4-5-8(11)7-12;1-3-2;;;;;;/h6,8-9,12-14,17H,7,10-11H2,1-5H3;5,7-8,11-12,15-16,21H,6,9-10H2,1-4H3;2*4,6-7,10,13-15H,5,8-9H2,1-3H3;4,6-7,9-10,12,15H,5,8,11H2,1-3H3;5-8H,3-4,9H2,1-2H3;7-8H,4-6H2,1-3H3;1-2H3;1H3;3*1H;;/q;;;;;;;;-1;;;;+1;+2/p-2/b;;;;10-9+;;;;;;;;;/t13-,14+,17+;12-,15-,16-;13-,14+,15+;13-,14-,15-;15-;;8-;;;;;;;/m01111.1......./s1. The monoisotopic (exact) mass is 2310 g/mol. The molecule has 0 aromatic heterocycles. The number of hydrogen-bond donors (Lipinski definition) is 1. The van der Waals surface area contributed by atoms with Crippen molar-refractivity contribution in [2.45, 2.75) is 355 Å². The molecule has 0 spiro atoms. The summed E-state index contributed by atoms with van der Waals surface area (Å²) >= 11 is 8.25. The number of amides is 6. The van der Waals surface area contributed by atoms with E-state index in [1.807, 2.05) is 185 Å². The number of halogens is 9. The van der Waals surface area contributed by atoms with Crippen molar-refractivity contribution in [1.29, 1.82) is 0 Å². The van der Waals surface area contributed by atoms with Gasteiger partial charge < -0.3 is 101 Å². The summed E-state index contributed by atoms with van der Waals surface area (Å²) in [6, 6.07) is 37.9. The summed E-state index contributed by atoms with van der Waals surface area (Å²) in [7, 11) is -3.13. The van der Waals surface area contributed by atoms with Crippen LogP contribution in [0.3, 0.4) is 0 Å². The number of nitrogens with zero attached hydrogens (tertiary/aromatic N) is 6. The summed E-state index contributed by atoms with van der Waals surface area (Å²) in [5, 5.41) is 10.7. The molecule has 8 aliphatic rings. The molecule has 6 aromatic carbocycles. The Morgan fingerprint density at radius 2 is 0.740 bits per heavy atom. The van der Waals surface area contributed by atoms with Gasteiger partial charge in [-0.1, -0.05) is 106 Å². The minimum atomic E-state index is -3.13. The molecule has 0 bridgehead atoms. The van der Waals surface area contributed by atoms with E-state index in [0.29, 0.717) is 51.5 Å². The summed E-state index contributed by atoms with van der Waals surface area (Å²) in [5.74, 6) is -1.51. The van der Waals surface area contributed by atoms with Gasteiger partial charge in [-0.15, -0.1) is 12.4 Å². The predicted molar refractivity (Wildman–Crippen MR) is 579 cm³/mol. The van der Waals surface area contributed by atoms with Crippen molar-refractivity contribution >= 4 is 118 Å². The second-order valence-electron chi connectivity index (χ2n) is 43.2.